The van der Waals surface area contributed by atoms with Crippen molar-refractivity contribution in [1.29, 1.82) is 0 Å². The lowest BCUT2D eigenvalue weighted by Crippen LogP contribution is -2.26. The van der Waals surface area contributed by atoms with Gasteiger partial charge in [0, 0.05) is 36.7 Å². The molecule has 2 aliphatic heterocycles. The highest BCUT2D eigenvalue weighted by molar-refractivity contribution is 7.15. The van der Waals surface area contributed by atoms with Crippen LogP contribution in [0.25, 0.3) is 0 Å². The van der Waals surface area contributed by atoms with Crippen LogP contribution >= 0.6 is 23.7 Å². The van der Waals surface area contributed by atoms with E-state index in [1.165, 1.54) is 4.88 Å². The number of hydrogen-bond acceptors (Lipinski definition) is 6. The van der Waals surface area contributed by atoms with Crippen molar-refractivity contribution in [2.75, 3.05) is 42.2 Å². The Morgan fingerprint density at radius 3 is 2.89 bits per heavy atom. The average Bonchev–Trinajstić information content (AvgIpc) is 3.09. The number of rotatable bonds is 3. The number of carbonyl (C=O) groups is 2. The van der Waals surface area contributed by atoms with Gasteiger partial charge in [-0.3, -0.25) is 14.9 Å². The molecule has 150 valence electrons. The summed E-state index contributed by atoms with van der Waals surface area (Å²) in [7, 11) is 1.94. The van der Waals surface area contributed by atoms with Gasteiger partial charge in [-0.15, -0.1) is 23.7 Å². The van der Waals surface area contributed by atoms with E-state index in [1.54, 1.807) is 23.5 Å². The highest BCUT2D eigenvalue weighted by Gasteiger charge is 2.20. The average molecular weight is 422 g/mol. The number of benzene rings is 1. The Balaban J connectivity index is 0.00000225. The first-order chi connectivity index (χ1) is 13.1. The number of fused-ring (bicyclic) bond motifs is 1. The fourth-order valence-electron chi connectivity index (χ4n) is 3.52. The molecule has 0 spiro atoms. The zero-order valence-electron chi connectivity index (χ0n) is 15.7. The van der Waals surface area contributed by atoms with Crippen LogP contribution in [0.5, 0.6) is 0 Å². The Kier molecular flexibility index (Phi) is 6.53. The van der Waals surface area contributed by atoms with Gasteiger partial charge in [-0.2, -0.15) is 0 Å². The number of nitrogens with zero attached hydrogens (tertiary/aromatic N) is 2. The Bertz CT molecular complexity index is 866. The molecule has 7 nitrogen and oxygen atoms in total. The predicted molar refractivity (Wildman–Crippen MR) is 115 cm³/mol. The molecule has 0 atom stereocenters. The van der Waals surface area contributed by atoms with E-state index in [1.807, 2.05) is 24.2 Å². The molecule has 1 aromatic carbocycles. The number of piperidine rings is 1. The molecule has 1 fully saturated rings. The number of nitrogens with one attached hydrogen (secondary N) is 3. The van der Waals surface area contributed by atoms with Gasteiger partial charge in [-0.25, -0.2) is 4.98 Å². The number of hydrogen-bond donors (Lipinski definition) is 3. The smallest absolute Gasteiger partial charge is 0.257 e. The van der Waals surface area contributed by atoms with Gasteiger partial charge in [-0.1, -0.05) is 0 Å². The minimum atomic E-state index is -0.217. The van der Waals surface area contributed by atoms with Gasteiger partial charge in [-0.05, 0) is 50.0 Å². The maximum atomic E-state index is 12.7. The van der Waals surface area contributed by atoms with E-state index in [4.69, 9.17) is 0 Å². The lowest BCUT2D eigenvalue weighted by Gasteiger charge is -2.20. The Hall–Kier alpha value is -2.16. The van der Waals surface area contributed by atoms with Gasteiger partial charge in [0.05, 0.1) is 11.4 Å². The molecular formula is C19H24ClN5O2S. The van der Waals surface area contributed by atoms with Gasteiger partial charge in [0.1, 0.15) is 0 Å². The molecule has 0 radical (unpaired) electrons. The molecule has 2 amide bonds. The maximum absolute atomic E-state index is 12.7. The van der Waals surface area contributed by atoms with Crippen LogP contribution in [-0.2, 0) is 4.79 Å². The van der Waals surface area contributed by atoms with Crippen LogP contribution in [0.3, 0.4) is 0 Å². The monoisotopic (exact) mass is 421 g/mol. The largest absolute Gasteiger partial charge is 0.372 e. The van der Waals surface area contributed by atoms with Crippen molar-refractivity contribution in [2.24, 2.45) is 0 Å². The molecule has 1 saturated heterocycles. The van der Waals surface area contributed by atoms with Crippen molar-refractivity contribution in [3.05, 3.63) is 34.8 Å². The summed E-state index contributed by atoms with van der Waals surface area (Å²) in [5.74, 6) is 0.266. The van der Waals surface area contributed by atoms with E-state index in [0.717, 1.165) is 31.6 Å². The molecule has 1 aromatic heterocycles. The summed E-state index contributed by atoms with van der Waals surface area (Å²) < 4.78 is 0. The molecule has 4 rings (SSSR count). The number of thiazole rings is 1. The van der Waals surface area contributed by atoms with Crippen LogP contribution in [0, 0.1) is 0 Å². The Labute approximate surface area is 174 Å². The lowest BCUT2D eigenvalue weighted by atomic mass is 9.97. The van der Waals surface area contributed by atoms with Crippen molar-refractivity contribution in [1.82, 2.24) is 10.3 Å². The molecular weight excluding hydrogens is 398 g/mol. The summed E-state index contributed by atoms with van der Waals surface area (Å²) in [6, 6.07) is 5.38. The molecule has 9 heteroatoms. The minimum Gasteiger partial charge on any atom is -0.372 e. The first-order valence-corrected chi connectivity index (χ1v) is 10.0. The van der Waals surface area contributed by atoms with Gasteiger partial charge >= 0.3 is 0 Å². The SMILES string of the molecule is CN1CCC(=O)Nc2cc(C(=O)Nc3ncc(C4CCNCC4)s3)ccc21.Cl. The minimum absolute atomic E-state index is 0. The summed E-state index contributed by atoms with van der Waals surface area (Å²) in [5, 5.41) is 9.75. The van der Waals surface area contributed by atoms with Crippen LogP contribution in [0.1, 0.15) is 40.4 Å². The quantitative estimate of drug-likeness (QED) is 0.709. The molecule has 0 unspecified atom stereocenters. The fraction of sp³-hybridized carbons (Fsp3) is 0.421. The van der Waals surface area contributed by atoms with Crippen molar-refractivity contribution in [3.8, 4) is 0 Å². The van der Waals surface area contributed by atoms with E-state index >= 15 is 0 Å². The third kappa shape index (κ3) is 4.45. The van der Waals surface area contributed by atoms with Gasteiger partial charge < -0.3 is 15.5 Å². The topological polar surface area (TPSA) is 86.4 Å². The van der Waals surface area contributed by atoms with Crippen LogP contribution < -0.4 is 20.9 Å². The number of anilines is 3. The van der Waals surface area contributed by atoms with Crippen molar-refractivity contribution in [3.63, 3.8) is 0 Å². The van der Waals surface area contributed by atoms with Crippen molar-refractivity contribution < 1.29 is 9.59 Å². The number of carbonyl (C=O) groups excluding carboxylic acids is 2. The highest BCUT2D eigenvalue weighted by atomic mass is 35.5. The zero-order chi connectivity index (χ0) is 18.8. The zero-order valence-corrected chi connectivity index (χ0v) is 17.3. The molecule has 0 bridgehead atoms. The van der Waals surface area contributed by atoms with E-state index in [0.29, 0.717) is 35.3 Å². The standard InChI is InChI=1S/C19H23N5O2S.ClH/c1-24-9-6-17(25)22-14-10-13(2-3-15(14)24)18(26)23-19-21-11-16(27-19)12-4-7-20-8-5-12;/h2-3,10-12,20H,4-9H2,1H3,(H,22,25)(H,21,23,26);1H. The molecule has 0 saturated carbocycles. The molecule has 28 heavy (non-hydrogen) atoms. The summed E-state index contributed by atoms with van der Waals surface area (Å²) >= 11 is 1.55. The molecule has 2 aromatic rings. The third-order valence-electron chi connectivity index (χ3n) is 5.10. The maximum Gasteiger partial charge on any atom is 0.257 e. The van der Waals surface area contributed by atoms with Gasteiger partial charge in [0.2, 0.25) is 5.91 Å². The normalized spacial score (nSPS) is 17.2. The predicted octanol–water partition coefficient (Wildman–Crippen LogP) is 3.06. The van der Waals surface area contributed by atoms with Gasteiger partial charge in [0.15, 0.2) is 5.13 Å². The number of aromatic nitrogens is 1. The summed E-state index contributed by atoms with van der Waals surface area (Å²) in [6.45, 7) is 2.71. The first-order valence-electron chi connectivity index (χ1n) is 9.23. The highest BCUT2D eigenvalue weighted by Crippen LogP contribution is 2.32. The van der Waals surface area contributed by atoms with E-state index in [2.05, 4.69) is 20.9 Å². The third-order valence-corrected chi connectivity index (χ3v) is 6.18. The Morgan fingerprint density at radius 1 is 1.32 bits per heavy atom. The first kappa shape index (κ1) is 20.6. The Morgan fingerprint density at radius 2 is 2.11 bits per heavy atom. The number of halogens is 1. The van der Waals surface area contributed by atoms with Crippen molar-refractivity contribution >= 4 is 52.1 Å². The van der Waals surface area contributed by atoms with Crippen LogP contribution in [0.4, 0.5) is 16.5 Å². The van der Waals surface area contributed by atoms with E-state index in [-0.39, 0.29) is 24.2 Å². The van der Waals surface area contributed by atoms with Crippen LogP contribution in [0.15, 0.2) is 24.4 Å². The molecule has 3 N–H and O–H groups in total. The molecule has 2 aliphatic rings. The second-order valence-electron chi connectivity index (χ2n) is 7.00. The molecule has 0 aliphatic carbocycles. The van der Waals surface area contributed by atoms with E-state index in [9.17, 15) is 9.59 Å². The van der Waals surface area contributed by atoms with Crippen molar-refractivity contribution in [2.45, 2.75) is 25.2 Å². The second kappa shape index (κ2) is 8.89. The lowest BCUT2D eigenvalue weighted by molar-refractivity contribution is -0.115. The van der Waals surface area contributed by atoms with Crippen LogP contribution in [-0.4, -0.2) is 43.5 Å². The van der Waals surface area contributed by atoms with Crippen LogP contribution in [0.2, 0.25) is 0 Å². The fourth-order valence-corrected chi connectivity index (χ4v) is 4.50. The second-order valence-corrected chi connectivity index (χ2v) is 8.06. The number of amides is 2. The van der Waals surface area contributed by atoms with Gasteiger partial charge in [0.25, 0.3) is 5.91 Å². The summed E-state index contributed by atoms with van der Waals surface area (Å²) in [5.41, 5.74) is 2.09. The van der Waals surface area contributed by atoms with E-state index < -0.39 is 0 Å². The summed E-state index contributed by atoms with van der Waals surface area (Å²) in [6.07, 6.45) is 4.52. The molecule has 3 heterocycles. The summed E-state index contributed by atoms with van der Waals surface area (Å²) in [4.78, 5) is 32.1.